The molecule has 3 heterocycles. The highest BCUT2D eigenvalue weighted by atomic mass is 15.0. The van der Waals surface area contributed by atoms with Gasteiger partial charge in [-0.25, -0.2) is 15.0 Å². The number of hydrogen-bond acceptors (Lipinski definition) is 3. The van der Waals surface area contributed by atoms with Crippen molar-refractivity contribution in [3.63, 3.8) is 0 Å². The lowest BCUT2D eigenvalue weighted by molar-refractivity contribution is 1.06. The molecule has 4 nitrogen and oxygen atoms in total. The highest BCUT2D eigenvalue weighted by Crippen LogP contribution is 2.36. The molecule has 5 rings (SSSR count). The second-order valence-corrected chi connectivity index (χ2v) is 6.71. The molecule has 0 atom stereocenters. The van der Waals surface area contributed by atoms with E-state index in [1.807, 2.05) is 19.3 Å². The third-order valence-electron chi connectivity index (χ3n) is 5.16. The lowest BCUT2D eigenvalue weighted by Crippen LogP contribution is -1.95. The van der Waals surface area contributed by atoms with Gasteiger partial charge < -0.3 is 0 Å². The van der Waals surface area contributed by atoms with Gasteiger partial charge in [-0.3, -0.25) is 4.40 Å². The van der Waals surface area contributed by atoms with Gasteiger partial charge in [-0.2, -0.15) is 0 Å². The third kappa shape index (κ3) is 1.99. The monoisotopic (exact) mass is 338 g/mol. The van der Waals surface area contributed by atoms with Gasteiger partial charge in [0.15, 0.2) is 0 Å². The molecule has 0 bridgehead atoms. The van der Waals surface area contributed by atoms with Gasteiger partial charge in [0.25, 0.3) is 0 Å². The van der Waals surface area contributed by atoms with Crippen LogP contribution in [0, 0.1) is 20.8 Å². The Morgan fingerprint density at radius 2 is 1.54 bits per heavy atom. The molecule has 26 heavy (non-hydrogen) atoms. The first-order chi connectivity index (χ1) is 12.6. The van der Waals surface area contributed by atoms with Gasteiger partial charge in [0, 0.05) is 39.8 Å². The van der Waals surface area contributed by atoms with E-state index >= 15 is 0 Å². The highest BCUT2D eigenvalue weighted by molar-refractivity contribution is 6.17. The minimum absolute atomic E-state index is 0.778. The van der Waals surface area contributed by atoms with Crippen molar-refractivity contribution >= 4 is 27.3 Å². The summed E-state index contributed by atoms with van der Waals surface area (Å²) < 4.78 is 2.27. The van der Waals surface area contributed by atoms with Crippen molar-refractivity contribution in [1.82, 2.24) is 19.4 Å². The predicted octanol–water partition coefficient (Wildman–Crippen LogP) is 5.02. The van der Waals surface area contributed by atoms with E-state index in [9.17, 15) is 0 Å². The molecule has 0 amide bonds. The molecule has 2 aromatic carbocycles. The maximum absolute atomic E-state index is 4.87. The molecule has 0 radical (unpaired) electrons. The molecule has 126 valence electrons. The van der Waals surface area contributed by atoms with Gasteiger partial charge in [-0.15, -0.1) is 0 Å². The fraction of sp³-hybridized carbons (Fsp3) is 0.136. The summed E-state index contributed by atoms with van der Waals surface area (Å²) >= 11 is 0. The van der Waals surface area contributed by atoms with E-state index in [0.29, 0.717) is 0 Å². The van der Waals surface area contributed by atoms with Crippen molar-refractivity contribution in [2.24, 2.45) is 0 Å². The Morgan fingerprint density at radius 3 is 2.35 bits per heavy atom. The number of aromatic nitrogens is 4. The van der Waals surface area contributed by atoms with Gasteiger partial charge >= 0.3 is 0 Å². The molecule has 3 aromatic heterocycles. The van der Waals surface area contributed by atoms with Crippen molar-refractivity contribution in [2.45, 2.75) is 20.8 Å². The van der Waals surface area contributed by atoms with Crippen LogP contribution in [-0.4, -0.2) is 19.4 Å². The maximum atomic E-state index is 4.87. The Bertz CT molecular complexity index is 1300. The summed E-state index contributed by atoms with van der Waals surface area (Å²) in [5.74, 6) is 0.778. The Labute approximate surface area is 151 Å². The van der Waals surface area contributed by atoms with E-state index in [-0.39, 0.29) is 0 Å². The molecule has 0 fully saturated rings. The van der Waals surface area contributed by atoms with Gasteiger partial charge in [0.1, 0.15) is 11.5 Å². The second kappa shape index (κ2) is 5.36. The molecule has 0 N–H and O–H groups in total. The molecule has 0 saturated heterocycles. The fourth-order valence-corrected chi connectivity index (χ4v) is 3.77. The van der Waals surface area contributed by atoms with Crippen LogP contribution < -0.4 is 0 Å². The summed E-state index contributed by atoms with van der Waals surface area (Å²) in [5, 5.41) is 3.57. The fourth-order valence-electron chi connectivity index (χ4n) is 3.77. The smallest absolute Gasteiger partial charge is 0.145 e. The first-order valence-electron chi connectivity index (χ1n) is 8.73. The van der Waals surface area contributed by atoms with Crippen molar-refractivity contribution in [3.8, 4) is 11.1 Å². The van der Waals surface area contributed by atoms with Crippen LogP contribution in [0.1, 0.15) is 17.2 Å². The summed E-state index contributed by atoms with van der Waals surface area (Å²) in [6.45, 7) is 6.10. The number of imidazole rings is 1. The van der Waals surface area contributed by atoms with E-state index in [4.69, 9.17) is 4.98 Å². The topological polar surface area (TPSA) is 43.1 Å². The third-order valence-corrected chi connectivity index (χ3v) is 5.16. The van der Waals surface area contributed by atoms with E-state index < -0.39 is 0 Å². The Hall–Kier alpha value is -3.27. The summed E-state index contributed by atoms with van der Waals surface area (Å²) in [6.07, 6.45) is 3.80. The largest absolute Gasteiger partial charge is 0.296 e. The van der Waals surface area contributed by atoms with Crippen LogP contribution in [0.4, 0.5) is 0 Å². The molecule has 5 aromatic rings. The maximum Gasteiger partial charge on any atom is 0.145 e. The van der Waals surface area contributed by atoms with E-state index in [2.05, 4.69) is 70.7 Å². The number of pyridine rings is 1. The average molecular weight is 338 g/mol. The number of nitrogens with zero attached hydrogens (tertiary/aromatic N) is 4. The minimum atomic E-state index is 0.778. The van der Waals surface area contributed by atoms with Gasteiger partial charge in [0.2, 0.25) is 0 Å². The Kier molecular flexibility index (Phi) is 3.10. The lowest BCUT2D eigenvalue weighted by atomic mass is 9.97. The van der Waals surface area contributed by atoms with Crippen LogP contribution in [0.25, 0.3) is 38.4 Å². The first kappa shape index (κ1) is 15.0. The minimum Gasteiger partial charge on any atom is -0.296 e. The number of benzene rings is 2. The molecule has 0 aliphatic carbocycles. The van der Waals surface area contributed by atoms with Crippen molar-refractivity contribution in [1.29, 1.82) is 0 Å². The molecule has 0 spiro atoms. The predicted molar refractivity (Wildman–Crippen MR) is 105 cm³/mol. The van der Waals surface area contributed by atoms with E-state index in [0.717, 1.165) is 33.7 Å². The first-order valence-corrected chi connectivity index (χ1v) is 8.73. The molecular weight excluding hydrogens is 320 g/mol. The van der Waals surface area contributed by atoms with Crippen molar-refractivity contribution in [2.75, 3.05) is 0 Å². The van der Waals surface area contributed by atoms with Crippen LogP contribution in [0.15, 0.2) is 54.9 Å². The van der Waals surface area contributed by atoms with E-state index in [1.165, 1.54) is 22.0 Å². The van der Waals surface area contributed by atoms with Crippen molar-refractivity contribution in [3.05, 3.63) is 72.1 Å². The molecule has 0 aliphatic rings. The zero-order chi connectivity index (χ0) is 17.8. The Morgan fingerprint density at radius 1 is 0.808 bits per heavy atom. The molecular formula is C22H18N4. The van der Waals surface area contributed by atoms with Crippen LogP contribution in [0.3, 0.4) is 0 Å². The molecule has 0 saturated carbocycles. The number of aryl methyl sites for hydroxylation is 3. The SMILES string of the molecule is Cc1ncc(-c2cccc3c2c2ccccc2n2c(C)c(C)nc32)cn1. The number of para-hydroxylation sites is 1. The lowest BCUT2D eigenvalue weighted by Gasteiger charge is -2.13. The van der Waals surface area contributed by atoms with Crippen LogP contribution in [0.5, 0.6) is 0 Å². The van der Waals surface area contributed by atoms with Crippen LogP contribution in [-0.2, 0) is 0 Å². The van der Waals surface area contributed by atoms with Gasteiger partial charge in [-0.1, -0.05) is 36.4 Å². The molecule has 0 aliphatic heterocycles. The molecule has 0 unspecified atom stereocenters. The summed E-state index contributed by atoms with van der Waals surface area (Å²) in [5.41, 5.74) is 6.58. The van der Waals surface area contributed by atoms with E-state index in [1.54, 1.807) is 0 Å². The van der Waals surface area contributed by atoms with Crippen molar-refractivity contribution < 1.29 is 0 Å². The Balaban J connectivity index is 2.05. The zero-order valence-corrected chi connectivity index (χ0v) is 15.0. The van der Waals surface area contributed by atoms with Gasteiger partial charge in [-0.05, 0) is 32.4 Å². The highest BCUT2D eigenvalue weighted by Gasteiger charge is 2.16. The summed E-state index contributed by atoms with van der Waals surface area (Å²) in [6, 6.07) is 14.9. The van der Waals surface area contributed by atoms with Crippen LogP contribution >= 0.6 is 0 Å². The number of fused-ring (bicyclic) bond motifs is 6. The number of hydrogen-bond donors (Lipinski definition) is 0. The normalized spacial score (nSPS) is 11.7. The van der Waals surface area contributed by atoms with Crippen LogP contribution in [0.2, 0.25) is 0 Å². The van der Waals surface area contributed by atoms with Gasteiger partial charge in [0.05, 0.1) is 11.2 Å². The second-order valence-electron chi connectivity index (χ2n) is 6.71. The average Bonchev–Trinajstić information content (AvgIpc) is 2.97. The summed E-state index contributed by atoms with van der Waals surface area (Å²) in [7, 11) is 0. The standard InChI is InChI=1S/C22H18N4/c1-13-14(2)26-20-10-5-4-7-18(20)21-17(16-11-23-15(3)24-12-16)8-6-9-19(21)22(26)25-13/h4-12H,1-3H3. The molecule has 4 heteroatoms. The number of rotatable bonds is 1. The zero-order valence-electron chi connectivity index (χ0n) is 15.0. The summed E-state index contributed by atoms with van der Waals surface area (Å²) in [4.78, 5) is 13.7. The quantitative estimate of drug-likeness (QED) is 0.403.